The van der Waals surface area contributed by atoms with E-state index in [0.717, 1.165) is 25.5 Å². The van der Waals surface area contributed by atoms with Crippen LogP contribution < -0.4 is 26.1 Å². The number of nitrogens with zero attached hydrogens (tertiary/aromatic N) is 3. The molecular weight excluding hydrogens is 329 g/mol. The Morgan fingerprint density at radius 1 is 1.53 bits per heavy atom. The topological polar surface area (TPSA) is 38.2 Å². The Balaban J connectivity index is 2.08. The zero-order chi connectivity index (χ0) is 12.3. The van der Waals surface area contributed by atoms with Gasteiger partial charge in [0.15, 0.2) is 0 Å². The molecule has 0 aliphatic carbocycles. The van der Waals surface area contributed by atoms with E-state index in [9.17, 15) is 0 Å². The quantitative estimate of drug-likeness (QED) is 0.368. The van der Waals surface area contributed by atoms with Crippen LogP contribution in [0.2, 0.25) is 0 Å². The van der Waals surface area contributed by atoms with Crippen LogP contribution in [0.5, 0.6) is 0 Å². The SMILES string of the molecule is CO[C@@H]1CCN(c2nccc([I-]C)n2)C[C@@H]1C. The molecule has 4 nitrogen and oxygen atoms in total. The Hall–Kier alpha value is -0.430. The fourth-order valence-electron chi connectivity index (χ4n) is 2.24. The molecule has 2 heterocycles. The van der Waals surface area contributed by atoms with Crippen LogP contribution in [0.15, 0.2) is 12.3 Å². The van der Waals surface area contributed by atoms with E-state index >= 15 is 0 Å². The van der Waals surface area contributed by atoms with Crippen molar-refractivity contribution >= 4 is 5.95 Å². The molecule has 0 N–H and O–H groups in total. The molecule has 0 amide bonds. The monoisotopic (exact) mass is 348 g/mol. The maximum absolute atomic E-state index is 5.47. The van der Waals surface area contributed by atoms with Crippen LogP contribution in [-0.2, 0) is 4.74 Å². The first-order valence-corrected chi connectivity index (χ1v) is 9.08. The maximum atomic E-state index is 5.47. The van der Waals surface area contributed by atoms with Gasteiger partial charge in [-0.2, -0.15) is 0 Å². The summed E-state index contributed by atoms with van der Waals surface area (Å²) in [4.78, 5) is 13.5. The Kier molecular flexibility index (Phi) is 4.55. The second-order valence-electron chi connectivity index (χ2n) is 4.35. The van der Waals surface area contributed by atoms with Crippen molar-refractivity contribution in [2.24, 2.45) is 5.92 Å². The number of hydrogen-bond donors (Lipinski definition) is 0. The summed E-state index contributed by atoms with van der Waals surface area (Å²) in [5.74, 6) is 1.43. The average molecular weight is 348 g/mol. The fraction of sp³-hybridized carbons (Fsp3) is 0.667. The number of methoxy groups -OCH3 is 1. The van der Waals surface area contributed by atoms with E-state index in [0.29, 0.717) is 12.0 Å². The van der Waals surface area contributed by atoms with E-state index in [1.54, 1.807) is 7.11 Å². The second kappa shape index (κ2) is 5.95. The summed E-state index contributed by atoms with van der Waals surface area (Å²) >= 11 is 0.0440. The first kappa shape index (κ1) is 13.0. The van der Waals surface area contributed by atoms with Crippen LogP contribution in [0.25, 0.3) is 0 Å². The van der Waals surface area contributed by atoms with Crippen molar-refractivity contribution in [1.29, 1.82) is 0 Å². The van der Waals surface area contributed by atoms with Gasteiger partial charge < -0.3 is 0 Å². The van der Waals surface area contributed by atoms with Gasteiger partial charge in [0.2, 0.25) is 0 Å². The molecule has 1 aliphatic rings. The first-order chi connectivity index (χ1) is 8.24. The zero-order valence-corrected chi connectivity index (χ0v) is 12.7. The standard InChI is InChI=1S/C12H19IN3O/c1-9-8-16(7-5-10(9)17-3)12-14-6-4-11(13-2)15-12/h4,6,9-10H,5,7-8H2,1-3H3/q-1/t9-,10+/m0/s1. The Bertz CT molecular complexity index is 375. The van der Waals surface area contributed by atoms with E-state index in [1.807, 2.05) is 12.3 Å². The number of ether oxygens (including phenoxy) is 1. The molecule has 1 aliphatic heterocycles. The van der Waals surface area contributed by atoms with Gasteiger partial charge in [-0.3, -0.25) is 0 Å². The number of anilines is 1. The van der Waals surface area contributed by atoms with Gasteiger partial charge in [-0.25, -0.2) is 0 Å². The normalized spacial score (nSPS) is 25.2. The molecule has 17 heavy (non-hydrogen) atoms. The summed E-state index contributed by atoms with van der Waals surface area (Å²) in [5, 5.41) is 0. The summed E-state index contributed by atoms with van der Waals surface area (Å²) in [6, 6.07) is 2.03. The van der Waals surface area contributed by atoms with Crippen LogP contribution in [-0.4, -0.2) is 41.2 Å². The number of hydrogen-bond acceptors (Lipinski definition) is 4. The van der Waals surface area contributed by atoms with Crippen molar-refractivity contribution in [3.63, 3.8) is 0 Å². The summed E-state index contributed by atoms with van der Waals surface area (Å²) in [6.45, 7) is 4.22. The van der Waals surface area contributed by atoms with Gasteiger partial charge >= 0.3 is 113 Å². The van der Waals surface area contributed by atoms with Crippen molar-refractivity contribution in [1.82, 2.24) is 9.97 Å². The van der Waals surface area contributed by atoms with Crippen LogP contribution >= 0.6 is 0 Å². The van der Waals surface area contributed by atoms with E-state index < -0.39 is 0 Å². The molecular formula is C12H19IN3O-. The van der Waals surface area contributed by atoms with Crippen molar-refractivity contribution in [2.75, 3.05) is 30.0 Å². The van der Waals surface area contributed by atoms with Gasteiger partial charge in [0.05, 0.1) is 0 Å². The Morgan fingerprint density at radius 3 is 3.00 bits per heavy atom. The molecule has 1 saturated heterocycles. The number of piperidine rings is 1. The molecule has 1 aromatic rings. The molecule has 5 heteroatoms. The molecule has 0 saturated carbocycles. The number of rotatable bonds is 3. The van der Waals surface area contributed by atoms with E-state index in [4.69, 9.17) is 4.74 Å². The van der Waals surface area contributed by atoms with Gasteiger partial charge in [-0.15, -0.1) is 0 Å². The van der Waals surface area contributed by atoms with E-state index in [2.05, 4.69) is 26.7 Å². The molecule has 1 aromatic heterocycles. The zero-order valence-electron chi connectivity index (χ0n) is 10.6. The molecule has 0 aromatic carbocycles. The summed E-state index contributed by atoms with van der Waals surface area (Å²) in [5.41, 5.74) is 0. The molecule has 0 spiro atoms. The Morgan fingerprint density at radius 2 is 2.35 bits per heavy atom. The van der Waals surface area contributed by atoms with Crippen molar-refractivity contribution in [3.8, 4) is 0 Å². The first-order valence-electron chi connectivity index (χ1n) is 5.85. The molecule has 96 valence electrons. The average Bonchev–Trinajstić information content (AvgIpc) is 2.38. The van der Waals surface area contributed by atoms with Gasteiger partial charge in [0, 0.05) is 0 Å². The summed E-state index contributed by atoms with van der Waals surface area (Å²) in [6.07, 6.45) is 3.33. The van der Waals surface area contributed by atoms with E-state index in [-0.39, 0.29) is 21.2 Å². The molecule has 2 atom stereocenters. The Labute approximate surface area is 113 Å². The third-order valence-corrected chi connectivity index (χ3v) is 4.92. The molecule has 0 bridgehead atoms. The number of alkyl halides is 1. The second-order valence-corrected chi connectivity index (χ2v) is 6.54. The van der Waals surface area contributed by atoms with Gasteiger partial charge in [-0.05, 0) is 0 Å². The minimum atomic E-state index is 0.0440. The molecule has 2 rings (SSSR count). The third-order valence-electron chi connectivity index (χ3n) is 3.21. The van der Waals surface area contributed by atoms with Crippen LogP contribution in [0.1, 0.15) is 13.3 Å². The summed E-state index contributed by atoms with van der Waals surface area (Å²) < 4.78 is 6.69. The minimum absolute atomic E-state index is 0.0440. The van der Waals surface area contributed by atoms with Crippen LogP contribution in [0.4, 0.5) is 5.95 Å². The fourth-order valence-corrected chi connectivity index (χ4v) is 3.22. The van der Waals surface area contributed by atoms with Crippen LogP contribution in [0, 0.1) is 9.62 Å². The summed E-state index contributed by atoms with van der Waals surface area (Å²) in [7, 11) is 1.80. The number of aromatic nitrogens is 2. The third kappa shape index (κ3) is 3.07. The van der Waals surface area contributed by atoms with E-state index in [1.165, 1.54) is 3.70 Å². The predicted molar refractivity (Wildman–Crippen MR) is 63.4 cm³/mol. The van der Waals surface area contributed by atoms with Crippen LogP contribution in [0.3, 0.4) is 0 Å². The van der Waals surface area contributed by atoms with Gasteiger partial charge in [-0.1, -0.05) is 0 Å². The molecule has 0 unspecified atom stereocenters. The van der Waals surface area contributed by atoms with Crippen molar-refractivity contribution in [3.05, 3.63) is 16.0 Å². The van der Waals surface area contributed by atoms with Gasteiger partial charge in [0.1, 0.15) is 0 Å². The van der Waals surface area contributed by atoms with Crippen molar-refractivity contribution in [2.45, 2.75) is 19.4 Å². The van der Waals surface area contributed by atoms with Gasteiger partial charge in [0.25, 0.3) is 0 Å². The molecule has 1 fully saturated rings. The van der Waals surface area contributed by atoms with Crippen molar-refractivity contribution < 1.29 is 25.9 Å². The number of halogens is 1. The molecule has 0 radical (unpaired) electrons. The predicted octanol–water partition coefficient (Wildman–Crippen LogP) is -1.77.